The van der Waals surface area contributed by atoms with Crippen LogP contribution < -0.4 is 4.31 Å². The summed E-state index contributed by atoms with van der Waals surface area (Å²) in [5, 5.41) is 0. The van der Waals surface area contributed by atoms with Gasteiger partial charge in [-0.15, -0.1) is 0 Å². The maximum Gasteiger partial charge on any atom is 0.165 e. The van der Waals surface area contributed by atoms with E-state index in [4.69, 9.17) is 0 Å². The second-order valence-electron chi connectivity index (χ2n) is 3.21. The number of nitrogens with zero attached hydrogens (tertiary/aromatic N) is 1. The fourth-order valence-corrected chi connectivity index (χ4v) is 3.30. The maximum absolute atomic E-state index is 11.7. The Bertz CT molecular complexity index is 356. The number of carbonyl (C=O) groups excluding carboxylic acids is 1. The summed E-state index contributed by atoms with van der Waals surface area (Å²) in [5.41, 5.74) is 1.93. The molecule has 0 aliphatic carbocycles. The molecule has 74 valence electrons. The van der Waals surface area contributed by atoms with Gasteiger partial charge in [0.2, 0.25) is 0 Å². The Hall–Kier alpha value is -0.230. The minimum Gasteiger partial charge on any atom is -0.307 e. The summed E-state index contributed by atoms with van der Waals surface area (Å²) in [4.78, 5) is 11.7. The lowest BCUT2D eigenvalue weighted by atomic mass is 10.1. The zero-order valence-corrected chi connectivity index (χ0v) is 10.5. The van der Waals surface area contributed by atoms with Crippen molar-refractivity contribution in [3.8, 4) is 0 Å². The van der Waals surface area contributed by atoms with Crippen LogP contribution in [0, 0.1) is 0 Å². The lowest BCUT2D eigenvalue weighted by Gasteiger charge is -2.19. The van der Waals surface area contributed by atoms with Crippen LogP contribution in [0.3, 0.4) is 0 Å². The number of halogens is 1. The van der Waals surface area contributed by atoms with Crippen LogP contribution in [0.4, 0.5) is 5.69 Å². The second-order valence-corrected chi connectivity index (χ2v) is 4.98. The normalized spacial score (nSPS) is 16.4. The highest BCUT2D eigenvalue weighted by atomic mass is 127. The molecular weight excluding hydrogens is 309 g/mol. The van der Waals surface area contributed by atoms with Crippen molar-refractivity contribution in [2.45, 2.75) is 12.8 Å². The molecule has 0 fully saturated rings. The van der Waals surface area contributed by atoms with E-state index in [1.807, 2.05) is 24.3 Å². The monoisotopic (exact) mass is 319 g/mol. The molecule has 1 aromatic carbocycles. The fourth-order valence-electron chi connectivity index (χ4n) is 1.64. The Morgan fingerprint density at radius 1 is 1.36 bits per heavy atom. The molecular formula is C10H10INOS. The SMILES string of the molecule is O=C1CCCN(SI)c2ccccc21. The predicted octanol–water partition coefficient (Wildman–Crippen LogP) is 3.47. The van der Waals surface area contributed by atoms with Crippen molar-refractivity contribution in [3.63, 3.8) is 0 Å². The molecule has 0 amide bonds. The van der Waals surface area contributed by atoms with E-state index in [2.05, 4.69) is 25.5 Å². The van der Waals surface area contributed by atoms with Gasteiger partial charge in [-0.25, -0.2) is 0 Å². The van der Waals surface area contributed by atoms with Gasteiger partial charge in [-0.05, 0) is 18.6 Å². The number of rotatable bonds is 1. The summed E-state index contributed by atoms with van der Waals surface area (Å²) in [6.07, 6.45) is 1.62. The van der Waals surface area contributed by atoms with Crippen LogP contribution in [0.1, 0.15) is 23.2 Å². The molecule has 2 nitrogen and oxygen atoms in total. The van der Waals surface area contributed by atoms with Crippen LogP contribution in [0.15, 0.2) is 24.3 Å². The number of fused-ring (bicyclic) bond motifs is 1. The van der Waals surface area contributed by atoms with Crippen LogP contribution in [0.25, 0.3) is 0 Å². The predicted molar refractivity (Wildman–Crippen MR) is 69.0 cm³/mol. The third-order valence-electron chi connectivity index (χ3n) is 2.32. The Balaban J connectivity index is 2.47. The standard InChI is InChI=1S/C10H10INOS/c11-14-12-7-3-6-10(13)8-4-1-2-5-9(8)12/h1-2,4-5H,3,6-7H2. The summed E-state index contributed by atoms with van der Waals surface area (Å²) in [7, 11) is 1.65. The van der Waals surface area contributed by atoms with E-state index < -0.39 is 0 Å². The van der Waals surface area contributed by atoms with Gasteiger partial charge in [-0.3, -0.25) is 4.79 Å². The molecule has 1 heterocycles. The molecule has 0 bridgehead atoms. The number of ketones is 1. The Morgan fingerprint density at radius 2 is 2.14 bits per heavy atom. The molecule has 14 heavy (non-hydrogen) atoms. The third-order valence-corrected chi connectivity index (χ3v) is 4.29. The van der Waals surface area contributed by atoms with E-state index in [-0.39, 0.29) is 5.78 Å². The van der Waals surface area contributed by atoms with Crippen molar-refractivity contribution in [2.24, 2.45) is 0 Å². The maximum atomic E-state index is 11.7. The molecule has 1 aliphatic heterocycles. The lowest BCUT2D eigenvalue weighted by molar-refractivity contribution is 0.0984. The molecule has 0 saturated heterocycles. The van der Waals surface area contributed by atoms with Gasteiger partial charge in [0.05, 0.1) is 5.69 Å². The molecule has 0 spiro atoms. The number of hydrogen-bond acceptors (Lipinski definition) is 3. The Morgan fingerprint density at radius 3 is 2.93 bits per heavy atom. The summed E-state index contributed by atoms with van der Waals surface area (Å²) in [6, 6.07) is 7.85. The van der Waals surface area contributed by atoms with Crippen molar-refractivity contribution in [2.75, 3.05) is 10.8 Å². The average molecular weight is 319 g/mol. The van der Waals surface area contributed by atoms with Gasteiger partial charge in [0.15, 0.2) is 5.78 Å². The van der Waals surface area contributed by atoms with E-state index in [0.717, 1.165) is 24.2 Å². The topological polar surface area (TPSA) is 20.3 Å². The second kappa shape index (κ2) is 4.53. The molecule has 0 radical (unpaired) electrons. The van der Waals surface area contributed by atoms with E-state index in [1.54, 1.807) is 9.12 Å². The molecule has 0 N–H and O–H groups in total. The van der Waals surface area contributed by atoms with Crippen LogP contribution in [0.2, 0.25) is 0 Å². The van der Waals surface area contributed by atoms with Gasteiger partial charge in [0.1, 0.15) is 0 Å². The van der Waals surface area contributed by atoms with Gasteiger partial charge in [-0.1, -0.05) is 12.1 Å². The third kappa shape index (κ3) is 1.91. The van der Waals surface area contributed by atoms with Gasteiger partial charge >= 0.3 is 0 Å². The minimum atomic E-state index is 0.272. The highest BCUT2D eigenvalue weighted by molar-refractivity contribution is 14.2. The molecule has 2 rings (SSSR count). The first kappa shape index (κ1) is 10.3. The fraction of sp³-hybridized carbons (Fsp3) is 0.300. The summed E-state index contributed by atoms with van der Waals surface area (Å²) >= 11 is 2.26. The van der Waals surface area contributed by atoms with Crippen molar-refractivity contribution >= 4 is 41.8 Å². The van der Waals surface area contributed by atoms with Crippen molar-refractivity contribution in [1.82, 2.24) is 0 Å². The van der Waals surface area contributed by atoms with Crippen molar-refractivity contribution < 1.29 is 4.79 Å². The number of Topliss-reactive ketones (excluding diaryl/α,β-unsaturated/α-hetero) is 1. The highest BCUT2D eigenvalue weighted by Gasteiger charge is 2.19. The summed E-state index contributed by atoms with van der Waals surface area (Å²) in [5.74, 6) is 0.272. The first-order valence-corrected chi connectivity index (χ1v) is 7.83. The minimum absolute atomic E-state index is 0.272. The molecule has 0 saturated carbocycles. The molecule has 0 aromatic heterocycles. The van der Waals surface area contributed by atoms with Gasteiger partial charge < -0.3 is 4.31 Å². The highest BCUT2D eigenvalue weighted by Crippen LogP contribution is 2.33. The zero-order chi connectivity index (χ0) is 9.97. The largest absolute Gasteiger partial charge is 0.307 e. The first-order chi connectivity index (χ1) is 6.83. The number of anilines is 1. The molecule has 0 unspecified atom stereocenters. The number of benzene rings is 1. The van der Waals surface area contributed by atoms with Crippen LogP contribution in [-0.4, -0.2) is 12.3 Å². The van der Waals surface area contributed by atoms with Gasteiger partial charge in [0, 0.05) is 48.9 Å². The van der Waals surface area contributed by atoms with Gasteiger partial charge in [0.25, 0.3) is 0 Å². The van der Waals surface area contributed by atoms with Crippen LogP contribution in [0.5, 0.6) is 0 Å². The van der Waals surface area contributed by atoms with Crippen LogP contribution >= 0.6 is 30.3 Å². The first-order valence-electron chi connectivity index (χ1n) is 4.51. The van der Waals surface area contributed by atoms with Crippen molar-refractivity contribution in [3.05, 3.63) is 29.8 Å². The zero-order valence-electron chi connectivity index (χ0n) is 7.57. The molecule has 1 aromatic rings. The smallest absolute Gasteiger partial charge is 0.165 e. The molecule has 4 heteroatoms. The van der Waals surface area contributed by atoms with E-state index >= 15 is 0 Å². The number of para-hydroxylation sites is 1. The van der Waals surface area contributed by atoms with E-state index in [1.165, 1.54) is 0 Å². The summed E-state index contributed by atoms with van der Waals surface area (Å²) < 4.78 is 2.18. The number of carbonyl (C=O) groups is 1. The quantitative estimate of drug-likeness (QED) is 0.584. The molecule has 1 aliphatic rings. The molecule has 0 atom stereocenters. The van der Waals surface area contributed by atoms with Crippen molar-refractivity contribution in [1.29, 1.82) is 0 Å². The Labute approximate surface area is 99.8 Å². The summed E-state index contributed by atoms with van der Waals surface area (Å²) in [6.45, 7) is 0.955. The van der Waals surface area contributed by atoms with Crippen LogP contribution in [-0.2, 0) is 0 Å². The van der Waals surface area contributed by atoms with Gasteiger partial charge in [-0.2, -0.15) is 0 Å². The average Bonchev–Trinajstić information content (AvgIpc) is 2.39. The van der Waals surface area contributed by atoms with E-state index in [9.17, 15) is 4.79 Å². The number of hydrogen-bond donors (Lipinski definition) is 0. The van der Waals surface area contributed by atoms with E-state index in [0.29, 0.717) is 6.42 Å². The lowest BCUT2D eigenvalue weighted by Crippen LogP contribution is -2.12. The Kier molecular flexibility index (Phi) is 3.33.